The summed E-state index contributed by atoms with van der Waals surface area (Å²) < 4.78 is 44.4. The lowest BCUT2D eigenvalue weighted by atomic mass is 10.1. The number of hydrogen-bond donors (Lipinski definition) is 1. The lowest BCUT2D eigenvalue weighted by molar-refractivity contribution is -0.772. The van der Waals surface area contributed by atoms with Crippen LogP contribution in [0.4, 0.5) is 18.9 Å². The van der Waals surface area contributed by atoms with E-state index in [1.807, 2.05) is 0 Å². The molecular weight excluding hydrogens is 371 g/mol. The Bertz CT molecular complexity index is 732. The molecule has 6 nitrogen and oxygen atoms in total. The quantitative estimate of drug-likeness (QED) is 0.635. The van der Waals surface area contributed by atoms with Crippen LogP contribution in [0.3, 0.4) is 0 Å². The first-order valence-electron chi connectivity index (χ1n) is 6.51. The highest BCUT2D eigenvalue weighted by molar-refractivity contribution is 7.99. The van der Waals surface area contributed by atoms with Crippen LogP contribution in [0.15, 0.2) is 27.7 Å². The summed E-state index contributed by atoms with van der Waals surface area (Å²) in [4.78, 5) is 11.8. The third kappa shape index (κ3) is 4.54. The standard InChI is InChI=1S/C13H11ClF3N3O3S/c1-20-11(12(22)23-19-20)24-5-4-10(21)18-9-3-2-7(14)6-8(9)13(15,16)17/h2-3,6H,4-5H2,1H3,(H-,18,19,21,22). The lowest BCUT2D eigenvalue weighted by Gasteiger charge is -2.14. The van der Waals surface area contributed by atoms with E-state index in [2.05, 4.69) is 15.1 Å². The van der Waals surface area contributed by atoms with Crippen molar-refractivity contribution in [3.05, 3.63) is 28.8 Å². The molecule has 24 heavy (non-hydrogen) atoms. The number of rotatable bonds is 5. The van der Waals surface area contributed by atoms with Crippen molar-refractivity contribution in [2.45, 2.75) is 17.6 Å². The molecule has 0 radical (unpaired) electrons. The van der Waals surface area contributed by atoms with Gasteiger partial charge < -0.3 is 14.9 Å². The SMILES string of the molecule is C[n+]1noc([O-])c1SCCC(=O)Nc1ccc(Cl)cc1C(F)(F)F. The fourth-order valence-electron chi connectivity index (χ4n) is 1.77. The molecule has 130 valence electrons. The van der Waals surface area contributed by atoms with E-state index in [4.69, 9.17) is 11.6 Å². The normalized spacial score (nSPS) is 11.5. The van der Waals surface area contributed by atoms with Gasteiger partial charge in [0.25, 0.3) is 5.03 Å². The van der Waals surface area contributed by atoms with Gasteiger partial charge in [-0.1, -0.05) is 28.0 Å². The van der Waals surface area contributed by atoms with Gasteiger partial charge in [0.2, 0.25) is 5.91 Å². The van der Waals surface area contributed by atoms with Gasteiger partial charge in [0.15, 0.2) is 13.0 Å². The second-order valence-electron chi connectivity index (χ2n) is 4.62. The van der Waals surface area contributed by atoms with Gasteiger partial charge in [0.05, 0.1) is 16.5 Å². The summed E-state index contributed by atoms with van der Waals surface area (Å²) in [6, 6.07) is 3.08. The van der Waals surface area contributed by atoms with E-state index in [9.17, 15) is 23.1 Å². The first-order chi connectivity index (χ1) is 11.2. The molecule has 0 aliphatic rings. The van der Waals surface area contributed by atoms with E-state index in [-0.39, 0.29) is 27.9 Å². The predicted molar refractivity (Wildman–Crippen MR) is 77.5 cm³/mol. The van der Waals surface area contributed by atoms with Crippen molar-refractivity contribution in [1.82, 2.24) is 5.27 Å². The Hall–Kier alpha value is -1.94. The average Bonchev–Trinajstić information content (AvgIpc) is 2.80. The summed E-state index contributed by atoms with van der Waals surface area (Å²) in [6.07, 6.45) is -4.74. The molecule has 0 fully saturated rings. The minimum absolute atomic E-state index is 0.0844. The average molecular weight is 382 g/mol. The van der Waals surface area contributed by atoms with Gasteiger partial charge in [-0.15, -0.1) is 0 Å². The van der Waals surface area contributed by atoms with Crippen LogP contribution in [-0.2, 0) is 18.0 Å². The zero-order chi connectivity index (χ0) is 17.9. The molecule has 1 aromatic heterocycles. The smallest absolute Gasteiger partial charge is 0.418 e. The Morgan fingerprint density at radius 3 is 2.79 bits per heavy atom. The number of carbonyl (C=O) groups excluding carboxylic acids is 1. The van der Waals surface area contributed by atoms with Crippen LogP contribution in [0.25, 0.3) is 0 Å². The molecule has 1 amide bonds. The minimum Gasteiger partial charge on any atom is -0.538 e. The van der Waals surface area contributed by atoms with E-state index in [1.54, 1.807) is 0 Å². The second-order valence-corrected chi connectivity index (χ2v) is 6.14. The van der Waals surface area contributed by atoms with Gasteiger partial charge in [0, 0.05) is 17.2 Å². The maximum Gasteiger partial charge on any atom is 0.418 e. The molecule has 0 bridgehead atoms. The van der Waals surface area contributed by atoms with Gasteiger partial charge >= 0.3 is 6.18 Å². The van der Waals surface area contributed by atoms with Crippen molar-refractivity contribution in [2.75, 3.05) is 11.1 Å². The number of aromatic nitrogens is 2. The zero-order valence-electron chi connectivity index (χ0n) is 12.2. The van der Waals surface area contributed by atoms with E-state index in [0.29, 0.717) is 0 Å². The van der Waals surface area contributed by atoms with Crippen molar-refractivity contribution in [2.24, 2.45) is 7.05 Å². The van der Waals surface area contributed by atoms with E-state index in [0.717, 1.165) is 23.9 Å². The third-order valence-corrected chi connectivity index (χ3v) is 4.19. The van der Waals surface area contributed by atoms with Crippen LogP contribution in [0.5, 0.6) is 5.95 Å². The molecule has 0 unspecified atom stereocenters. The number of amides is 1. The summed E-state index contributed by atoms with van der Waals surface area (Å²) in [5.41, 5.74) is -1.40. The molecule has 1 N–H and O–H groups in total. The van der Waals surface area contributed by atoms with Crippen molar-refractivity contribution in [1.29, 1.82) is 0 Å². The Morgan fingerprint density at radius 1 is 1.50 bits per heavy atom. The van der Waals surface area contributed by atoms with Crippen molar-refractivity contribution < 1.29 is 32.3 Å². The number of aryl methyl sites for hydroxylation is 1. The lowest BCUT2D eigenvalue weighted by Crippen LogP contribution is -2.32. The monoisotopic (exact) mass is 381 g/mol. The molecular formula is C13H11ClF3N3O3S. The number of carbonyl (C=O) groups is 1. The first-order valence-corrected chi connectivity index (χ1v) is 7.87. The second kappa shape index (κ2) is 7.31. The maximum absolute atomic E-state index is 12.9. The summed E-state index contributed by atoms with van der Waals surface area (Å²) in [7, 11) is 1.50. The zero-order valence-corrected chi connectivity index (χ0v) is 13.8. The maximum atomic E-state index is 12.9. The summed E-state index contributed by atoms with van der Waals surface area (Å²) >= 11 is 6.59. The predicted octanol–water partition coefficient (Wildman–Crippen LogP) is 2.37. The Morgan fingerprint density at radius 2 is 2.21 bits per heavy atom. The molecule has 0 atom stereocenters. The van der Waals surface area contributed by atoms with Gasteiger partial charge in [-0.2, -0.15) is 13.2 Å². The number of nitrogens with one attached hydrogen (secondary N) is 1. The number of thioether (sulfide) groups is 1. The van der Waals surface area contributed by atoms with E-state index >= 15 is 0 Å². The third-order valence-electron chi connectivity index (χ3n) is 2.84. The molecule has 2 aromatic rings. The van der Waals surface area contributed by atoms with Gasteiger partial charge in [-0.25, -0.2) is 0 Å². The highest BCUT2D eigenvalue weighted by Crippen LogP contribution is 2.36. The number of nitrogens with zero attached hydrogens (tertiary/aromatic N) is 2. The van der Waals surface area contributed by atoms with E-state index in [1.165, 1.54) is 17.8 Å². The van der Waals surface area contributed by atoms with Crippen LogP contribution in [0.2, 0.25) is 5.02 Å². The largest absolute Gasteiger partial charge is 0.538 e. The van der Waals surface area contributed by atoms with Crippen LogP contribution in [-0.4, -0.2) is 16.9 Å². The fraction of sp³-hybridized carbons (Fsp3) is 0.308. The molecule has 11 heteroatoms. The van der Waals surface area contributed by atoms with Crippen molar-refractivity contribution in [3.63, 3.8) is 0 Å². The number of hydrogen-bond acceptors (Lipinski definition) is 5. The molecule has 1 aromatic carbocycles. The Kier molecular flexibility index (Phi) is 5.60. The molecule has 2 rings (SSSR count). The van der Waals surface area contributed by atoms with E-state index < -0.39 is 23.6 Å². The molecule has 0 aliphatic heterocycles. The van der Waals surface area contributed by atoms with Crippen molar-refractivity contribution in [3.8, 4) is 5.95 Å². The van der Waals surface area contributed by atoms with Gasteiger partial charge in [-0.05, 0) is 18.2 Å². The van der Waals surface area contributed by atoms with Crippen LogP contribution in [0, 0.1) is 0 Å². The van der Waals surface area contributed by atoms with Crippen LogP contribution >= 0.6 is 23.4 Å². The topological polar surface area (TPSA) is 82.1 Å². The number of halogens is 4. The highest BCUT2D eigenvalue weighted by Gasteiger charge is 2.34. The summed E-state index contributed by atoms with van der Waals surface area (Å²) in [6.45, 7) is 0. The molecule has 0 saturated heterocycles. The number of benzene rings is 1. The first kappa shape index (κ1) is 18.4. The van der Waals surface area contributed by atoms with Gasteiger partial charge in [-0.3, -0.25) is 4.79 Å². The number of alkyl halides is 3. The number of anilines is 1. The molecule has 0 aliphatic carbocycles. The fourth-order valence-corrected chi connectivity index (χ4v) is 2.80. The van der Waals surface area contributed by atoms with Crippen LogP contribution < -0.4 is 15.1 Å². The Labute approximate surface area is 143 Å². The molecule has 1 heterocycles. The summed E-state index contributed by atoms with van der Waals surface area (Å²) in [5.74, 6) is -1.09. The van der Waals surface area contributed by atoms with Crippen molar-refractivity contribution >= 4 is 35.0 Å². The summed E-state index contributed by atoms with van der Waals surface area (Å²) in [5, 5.41) is 17.0. The minimum atomic E-state index is -4.64. The van der Waals surface area contributed by atoms with Gasteiger partial charge in [0.1, 0.15) is 0 Å². The van der Waals surface area contributed by atoms with Crippen LogP contribution in [0.1, 0.15) is 12.0 Å². The molecule has 0 saturated carbocycles. The highest BCUT2D eigenvalue weighted by atomic mass is 35.5. The molecule has 0 spiro atoms. The Balaban J connectivity index is 1.98.